The van der Waals surface area contributed by atoms with E-state index < -0.39 is 0 Å². The van der Waals surface area contributed by atoms with E-state index in [1.807, 2.05) is 0 Å². The van der Waals surface area contributed by atoms with Gasteiger partial charge in [0.1, 0.15) is 0 Å². The van der Waals surface area contributed by atoms with Gasteiger partial charge in [-0.3, -0.25) is 0 Å². The van der Waals surface area contributed by atoms with Gasteiger partial charge in [-0.2, -0.15) is 0 Å². The summed E-state index contributed by atoms with van der Waals surface area (Å²) in [5, 5.41) is 4.02. The first-order valence-electron chi connectivity index (χ1n) is 7.82. The lowest BCUT2D eigenvalue weighted by Crippen LogP contribution is -2.49. The number of rotatable bonds is 2. The van der Waals surface area contributed by atoms with Crippen molar-refractivity contribution in [2.75, 3.05) is 0 Å². The lowest BCUT2D eigenvalue weighted by molar-refractivity contribution is 0.157. The minimum Gasteiger partial charge on any atom is -0.311 e. The number of nitrogens with one attached hydrogen (secondary N) is 1. The first-order chi connectivity index (χ1) is 8.06. The minimum atomic E-state index is 0.788. The maximum atomic E-state index is 4.02. The average Bonchev–Trinajstić information content (AvgIpc) is 2.28. The summed E-state index contributed by atoms with van der Waals surface area (Å²) in [6, 6.07) is 1.58. The standard InChI is InChI=1S/C16H31N/c1-11-5-7-13(3)15(9-11)17-16-10-12(2)6-8-14(16)4/h11-17H,5-10H2,1-4H3. The Bertz CT molecular complexity index is 214. The van der Waals surface area contributed by atoms with Crippen molar-refractivity contribution in [1.29, 1.82) is 0 Å². The molecule has 0 aromatic heterocycles. The Morgan fingerprint density at radius 2 is 1.06 bits per heavy atom. The van der Waals surface area contributed by atoms with Crippen LogP contribution in [0.4, 0.5) is 0 Å². The number of hydrogen-bond acceptors (Lipinski definition) is 1. The predicted molar refractivity (Wildman–Crippen MR) is 75.1 cm³/mol. The second kappa shape index (κ2) is 5.73. The van der Waals surface area contributed by atoms with Crippen LogP contribution in [0.2, 0.25) is 0 Å². The predicted octanol–water partition coefficient (Wildman–Crippen LogP) is 4.23. The van der Waals surface area contributed by atoms with Gasteiger partial charge in [-0.25, -0.2) is 0 Å². The summed E-state index contributed by atoms with van der Waals surface area (Å²) in [6.07, 6.45) is 8.54. The molecule has 1 N–H and O–H groups in total. The van der Waals surface area contributed by atoms with Crippen LogP contribution in [0.15, 0.2) is 0 Å². The van der Waals surface area contributed by atoms with E-state index >= 15 is 0 Å². The van der Waals surface area contributed by atoms with Crippen LogP contribution in [-0.4, -0.2) is 12.1 Å². The lowest BCUT2D eigenvalue weighted by atomic mass is 9.76. The fourth-order valence-corrected chi connectivity index (χ4v) is 3.80. The van der Waals surface area contributed by atoms with E-state index in [-0.39, 0.29) is 0 Å². The third-order valence-corrected chi connectivity index (χ3v) is 5.34. The molecule has 0 bridgehead atoms. The molecule has 2 rings (SSSR count). The molecular weight excluding hydrogens is 206 g/mol. The highest BCUT2D eigenvalue weighted by atomic mass is 15.0. The average molecular weight is 237 g/mol. The second-order valence-electron chi connectivity index (χ2n) is 7.17. The van der Waals surface area contributed by atoms with Gasteiger partial charge in [-0.1, -0.05) is 40.5 Å². The van der Waals surface area contributed by atoms with Gasteiger partial charge in [0, 0.05) is 12.1 Å². The van der Waals surface area contributed by atoms with Gasteiger partial charge in [-0.05, 0) is 49.4 Å². The largest absolute Gasteiger partial charge is 0.311 e. The molecule has 0 aliphatic heterocycles. The van der Waals surface area contributed by atoms with E-state index in [0.717, 1.165) is 35.8 Å². The molecule has 2 fully saturated rings. The fourth-order valence-electron chi connectivity index (χ4n) is 3.80. The van der Waals surface area contributed by atoms with Gasteiger partial charge >= 0.3 is 0 Å². The van der Waals surface area contributed by atoms with Crippen LogP contribution in [0.3, 0.4) is 0 Å². The third-order valence-electron chi connectivity index (χ3n) is 5.34. The molecular formula is C16H31N. The SMILES string of the molecule is CC1CCC(C)C(NC2CC(C)CCC2C)C1. The van der Waals surface area contributed by atoms with E-state index in [4.69, 9.17) is 0 Å². The zero-order valence-electron chi connectivity index (χ0n) is 12.2. The van der Waals surface area contributed by atoms with Gasteiger partial charge in [-0.15, -0.1) is 0 Å². The van der Waals surface area contributed by atoms with E-state index in [2.05, 4.69) is 33.0 Å². The molecule has 0 amide bonds. The fraction of sp³-hybridized carbons (Fsp3) is 1.00. The summed E-state index contributed by atoms with van der Waals surface area (Å²) < 4.78 is 0. The van der Waals surface area contributed by atoms with Crippen LogP contribution in [0.5, 0.6) is 0 Å². The van der Waals surface area contributed by atoms with Crippen LogP contribution in [0.1, 0.15) is 66.2 Å². The van der Waals surface area contributed by atoms with Gasteiger partial charge < -0.3 is 5.32 Å². The topological polar surface area (TPSA) is 12.0 Å². The summed E-state index contributed by atoms with van der Waals surface area (Å²) in [5.74, 6) is 3.63. The van der Waals surface area contributed by atoms with Gasteiger partial charge in [0.25, 0.3) is 0 Å². The summed E-state index contributed by atoms with van der Waals surface area (Å²) >= 11 is 0. The van der Waals surface area contributed by atoms with Crippen LogP contribution < -0.4 is 5.32 Å². The highest BCUT2D eigenvalue weighted by Gasteiger charge is 2.31. The van der Waals surface area contributed by atoms with Crippen molar-refractivity contribution in [3.8, 4) is 0 Å². The summed E-state index contributed by atoms with van der Waals surface area (Å²) in [6.45, 7) is 9.74. The van der Waals surface area contributed by atoms with E-state index in [1.54, 1.807) is 0 Å². The molecule has 0 aromatic rings. The monoisotopic (exact) mass is 237 g/mol. The van der Waals surface area contributed by atoms with Gasteiger partial charge in [0.2, 0.25) is 0 Å². The molecule has 6 unspecified atom stereocenters. The molecule has 2 aliphatic carbocycles. The molecule has 2 saturated carbocycles. The van der Waals surface area contributed by atoms with E-state index in [1.165, 1.54) is 38.5 Å². The van der Waals surface area contributed by atoms with Crippen molar-refractivity contribution < 1.29 is 0 Å². The molecule has 0 radical (unpaired) electrons. The Morgan fingerprint density at radius 1 is 0.647 bits per heavy atom. The van der Waals surface area contributed by atoms with Crippen LogP contribution in [-0.2, 0) is 0 Å². The zero-order valence-corrected chi connectivity index (χ0v) is 12.2. The molecule has 6 atom stereocenters. The molecule has 1 heteroatoms. The second-order valence-corrected chi connectivity index (χ2v) is 7.17. The maximum absolute atomic E-state index is 4.02. The first-order valence-corrected chi connectivity index (χ1v) is 7.82. The Labute approximate surface area is 108 Å². The highest BCUT2D eigenvalue weighted by molar-refractivity contribution is 4.88. The third kappa shape index (κ3) is 3.47. The van der Waals surface area contributed by atoms with Crippen LogP contribution >= 0.6 is 0 Å². The highest BCUT2D eigenvalue weighted by Crippen LogP contribution is 2.33. The Hall–Kier alpha value is -0.0400. The lowest BCUT2D eigenvalue weighted by Gasteiger charge is -2.41. The summed E-state index contributed by atoms with van der Waals surface area (Å²) in [4.78, 5) is 0. The zero-order chi connectivity index (χ0) is 12.4. The smallest absolute Gasteiger partial charge is 0.00979 e. The molecule has 100 valence electrons. The van der Waals surface area contributed by atoms with E-state index in [9.17, 15) is 0 Å². The minimum absolute atomic E-state index is 0.788. The molecule has 0 aromatic carbocycles. The molecule has 0 saturated heterocycles. The van der Waals surface area contributed by atoms with Crippen molar-refractivity contribution in [1.82, 2.24) is 5.32 Å². The van der Waals surface area contributed by atoms with Crippen molar-refractivity contribution in [3.05, 3.63) is 0 Å². The molecule has 0 spiro atoms. The van der Waals surface area contributed by atoms with Gasteiger partial charge in [0.05, 0.1) is 0 Å². The number of hydrogen-bond donors (Lipinski definition) is 1. The Morgan fingerprint density at radius 3 is 1.47 bits per heavy atom. The van der Waals surface area contributed by atoms with Gasteiger partial charge in [0.15, 0.2) is 0 Å². The van der Waals surface area contributed by atoms with Crippen molar-refractivity contribution in [2.24, 2.45) is 23.7 Å². The normalized spacial score (nSPS) is 48.0. The van der Waals surface area contributed by atoms with Crippen LogP contribution in [0, 0.1) is 23.7 Å². The first kappa shape index (κ1) is 13.4. The quantitative estimate of drug-likeness (QED) is 0.758. The Kier molecular flexibility index (Phi) is 4.52. The van der Waals surface area contributed by atoms with Crippen molar-refractivity contribution >= 4 is 0 Å². The molecule has 17 heavy (non-hydrogen) atoms. The molecule has 1 nitrogen and oxygen atoms in total. The Balaban J connectivity index is 1.89. The molecule has 2 aliphatic rings. The summed E-state index contributed by atoms with van der Waals surface area (Å²) in [5.41, 5.74) is 0. The van der Waals surface area contributed by atoms with Crippen LogP contribution in [0.25, 0.3) is 0 Å². The molecule has 0 heterocycles. The van der Waals surface area contributed by atoms with Crippen molar-refractivity contribution in [2.45, 2.75) is 78.3 Å². The van der Waals surface area contributed by atoms with E-state index in [0.29, 0.717) is 0 Å². The van der Waals surface area contributed by atoms with Crippen molar-refractivity contribution in [3.63, 3.8) is 0 Å². The maximum Gasteiger partial charge on any atom is 0.00979 e. The summed E-state index contributed by atoms with van der Waals surface area (Å²) in [7, 11) is 0.